The number of carbonyl (C=O) groups is 2. The number of benzene rings is 2. The fourth-order valence-corrected chi connectivity index (χ4v) is 2.46. The Morgan fingerprint density at radius 1 is 1.08 bits per heavy atom. The van der Waals surface area contributed by atoms with Gasteiger partial charge in [-0.15, -0.1) is 0 Å². The van der Waals surface area contributed by atoms with Crippen LogP contribution >= 0.6 is 0 Å². The first-order chi connectivity index (χ1) is 11.5. The van der Waals surface area contributed by atoms with Gasteiger partial charge in [-0.25, -0.2) is 0 Å². The molecule has 0 radical (unpaired) electrons. The highest BCUT2D eigenvalue weighted by Crippen LogP contribution is 2.16. The predicted octanol–water partition coefficient (Wildman–Crippen LogP) is 2.35. The number of amides is 2. The van der Waals surface area contributed by atoms with Crippen LogP contribution < -0.4 is 10.6 Å². The molecule has 1 atom stereocenters. The number of hydrogen-bond donors (Lipinski definition) is 3. The molecular formula is C19H22N2O3. The number of aryl methyl sites for hydroxylation is 2. The second-order valence-corrected chi connectivity index (χ2v) is 5.57. The summed E-state index contributed by atoms with van der Waals surface area (Å²) in [6, 6.07) is 13.9. The summed E-state index contributed by atoms with van der Waals surface area (Å²) in [7, 11) is 0. The minimum Gasteiger partial charge on any atom is -0.394 e. The summed E-state index contributed by atoms with van der Waals surface area (Å²) in [4.78, 5) is 24.2. The second kappa shape index (κ2) is 8.26. The van der Waals surface area contributed by atoms with E-state index in [9.17, 15) is 14.7 Å². The lowest BCUT2D eigenvalue weighted by atomic mass is 10.1. The molecule has 24 heavy (non-hydrogen) atoms. The molecule has 5 heteroatoms. The van der Waals surface area contributed by atoms with Crippen molar-refractivity contribution >= 4 is 17.5 Å². The second-order valence-electron chi connectivity index (χ2n) is 5.57. The zero-order valence-corrected chi connectivity index (χ0v) is 13.9. The Kier molecular flexibility index (Phi) is 6.09. The molecule has 0 aliphatic heterocycles. The molecule has 2 amide bonds. The number of aliphatic hydroxyl groups excluding tert-OH is 1. The van der Waals surface area contributed by atoms with E-state index in [0.29, 0.717) is 5.69 Å². The van der Waals surface area contributed by atoms with E-state index in [1.807, 2.05) is 44.2 Å². The van der Waals surface area contributed by atoms with E-state index < -0.39 is 17.9 Å². The van der Waals surface area contributed by atoms with Crippen molar-refractivity contribution in [2.75, 3.05) is 11.9 Å². The molecule has 0 aliphatic carbocycles. The van der Waals surface area contributed by atoms with Crippen LogP contribution in [0.4, 0.5) is 5.69 Å². The van der Waals surface area contributed by atoms with Gasteiger partial charge in [0.1, 0.15) is 0 Å². The summed E-state index contributed by atoms with van der Waals surface area (Å²) in [5, 5.41) is 14.6. The van der Waals surface area contributed by atoms with E-state index in [0.717, 1.165) is 23.1 Å². The van der Waals surface area contributed by atoms with E-state index in [-0.39, 0.29) is 6.61 Å². The Morgan fingerprint density at radius 3 is 2.42 bits per heavy atom. The summed E-state index contributed by atoms with van der Waals surface area (Å²) in [5.41, 5.74) is 3.58. The number of carbonyl (C=O) groups excluding carboxylic acids is 2. The zero-order valence-electron chi connectivity index (χ0n) is 13.9. The Morgan fingerprint density at radius 2 is 1.79 bits per heavy atom. The van der Waals surface area contributed by atoms with E-state index in [1.54, 1.807) is 18.2 Å². The van der Waals surface area contributed by atoms with Crippen LogP contribution in [0.15, 0.2) is 48.5 Å². The van der Waals surface area contributed by atoms with Crippen LogP contribution in [-0.4, -0.2) is 23.5 Å². The van der Waals surface area contributed by atoms with Gasteiger partial charge in [0.2, 0.25) is 0 Å². The highest BCUT2D eigenvalue weighted by atomic mass is 16.3. The van der Waals surface area contributed by atoms with Gasteiger partial charge in [0, 0.05) is 5.69 Å². The van der Waals surface area contributed by atoms with Crippen molar-refractivity contribution in [3.8, 4) is 0 Å². The molecule has 0 bridgehead atoms. The molecule has 0 fully saturated rings. The minimum absolute atomic E-state index is 0.284. The third-order valence-electron chi connectivity index (χ3n) is 3.88. The molecule has 5 nitrogen and oxygen atoms in total. The topological polar surface area (TPSA) is 78.4 Å². The Bertz CT molecular complexity index is 714. The molecule has 1 unspecified atom stereocenters. The molecule has 2 aromatic rings. The summed E-state index contributed by atoms with van der Waals surface area (Å²) in [6.45, 7) is 3.75. The SMILES string of the molecule is CCc1cc(NC(=O)C(=O)NC(CO)c2ccccc2)ccc1C. The van der Waals surface area contributed by atoms with Gasteiger partial charge in [0.15, 0.2) is 0 Å². The van der Waals surface area contributed by atoms with Crippen LogP contribution in [0.5, 0.6) is 0 Å². The third kappa shape index (κ3) is 4.43. The van der Waals surface area contributed by atoms with Crippen LogP contribution in [-0.2, 0) is 16.0 Å². The molecule has 3 N–H and O–H groups in total. The lowest BCUT2D eigenvalue weighted by molar-refractivity contribution is -0.136. The average Bonchev–Trinajstić information content (AvgIpc) is 2.61. The first kappa shape index (κ1) is 17.7. The first-order valence-corrected chi connectivity index (χ1v) is 7.92. The van der Waals surface area contributed by atoms with Gasteiger partial charge in [-0.1, -0.05) is 43.3 Å². The highest BCUT2D eigenvalue weighted by Gasteiger charge is 2.19. The van der Waals surface area contributed by atoms with Gasteiger partial charge in [0.25, 0.3) is 0 Å². The van der Waals surface area contributed by atoms with E-state index in [1.165, 1.54) is 0 Å². The largest absolute Gasteiger partial charge is 0.394 e. The average molecular weight is 326 g/mol. The molecule has 2 aromatic carbocycles. The van der Waals surface area contributed by atoms with Crippen LogP contribution in [0.25, 0.3) is 0 Å². The van der Waals surface area contributed by atoms with Gasteiger partial charge in [-0.05, 0) is 42.2 Å². The van der Waals surface area contributed by atoms with Crippen molar-refractivity contribution in [3.63, 3.8) is 0 Å². The zero-order chi connectivity index (χ0) is 17.5. The number of anilines is 1. The van der Waals surface area contributed by atoms with Gasteiger partial charge in [-0.2, -0.15) is 0 Å². The quantitative estimate of drug-likeness (QED) is 0.738. The van der Waals surface area contributed by atoms with Gasteiger partial charge in [-0.3, -0.25) is 9.59 Å². The Labute approximate surface area is 141 Å². The number of nitrogens with one attached hydrogen (secondary N) is 2. The number of hydrogen-bond acceptors (Lipinski definition) is 3. The van der Waals surface area contributed by atoms with E-state index in [4.69, 9.17) is 0 Å². The molecular weight excluding hydrogens is 304 g/mol. The van der Waals surface area contributed by atoms with Crippen molar-refractivity contribution in [1.82, 2.24) is 5.32 Å². The van der Waals surface area contributed by atoms with Crippen molar-refractivity contribution in [2.45, 2.75) is 26.3 Å². The monoisotopic (exact) mass is 326 g/mol. The van der Waals surface area contributed by atoms with E-state index in [2.05, 4.69) is 10.6 Å². The van der Waals surface area contributed by atoms with Crippen LogP contribution in [0.2, 0.25) is 0 Å². The summed E-state index contributed by atoms with van der Waals surface area (Å²) >= 11 is 0. The lowest BCUT2D eigenvalue weighted by Gasteiger charge is -2.16. The maximum atomic E-state index is 12.1. The Balaban J connectivity index is 2.03. The maximum Gasteiger partial charge on any atom is 0.313 e. The standard InChI is InChI=1S/C19H22N2O3/c1-3-14-11-16(10-9-13(14)2)20-18(23)19(24)21-17(12-22)15-7-5-4-6-8-15/h4-11,17,22H,3,12H2,1-2H3,(H,20,23)(H,21,24). The first-order valence-electron chi connectivity index (χ1n) is 7.92. The van der Waals surface area contributed by atoms with E-state index >= 15 is 0 Å². The number of rotatable bonds is 5. The summed E-state index contributed by atoms with van der Waals surface area (Å²) < 4.78 is 0. The minimum atomic E-state index is -0.781. The molecule has 126 valence electrons. The molecule has 0 heterocycles. The summed E-state index contributed by atoms with van der Waals surface area (Å²) in [6.07, 6.45) is 0.850. The van der Waals surface area contributed by atoms with Crippen molar-refractivity contribution in [1.29, 1.82) is 0 Å². The van der Waals surface area contributed by atoms with Gasteiger partial charge in [0.05, 0.1) is 12.6 Å². The predicted molar refractivity (Wildman–Crippen MR) is 93.6 cm³/mol. The summed E-state index contributed by atoms with van der Waals surface area (Å²) in [5.74, 6) is -1.54. The fourth-order valence-electron chi connectivity index (χ4n) is 2.46. The highest BCUT2D eigenvalue weighted by molar-refractivity contribution is 6.39. The molecule has 0 spiro atoms. The lowest BCUT2D eigenvalue weighted by Crippen LogP contribution is -2.39. The third-order valence-corrected chi connectivity index (χ3v) is 3.88. The number of aliphatic hydroxyl groups is 1. The van der Waals surface area contributed by atoms with Gasteiger partial charge < -0.3 is 15.7 Å². The van der Waals surface area contributed by atoms with Crippen LogP contribution in [0.1, 0.15) is 29.7 Å². The normalized spacial score (nSPS) is 11.6. The molecule has 2 rings (SSSR count). The molecule has 0 aromatic heterocycles. The maximum absolute atomic E-state index is 12.1. The van der Waals surface area contributed by atoms with Crippen molar-refractivity contribution < 1.29 is 14.7 Å². The smallest absolute Gasteiger partial charge is 0.313 e. The van der Waals surface area contributed by atoms with Crippen molar-refractivity contribution in [2.24, 2.45) is 0 Å². The molecule has 0 saturated heterocycles. The van der Waals surface area contributed by atoms with Crippen molar-refractivity contribution in [3.05, 3.63) is 65.2 Å². The van der Waals surface area contributed by atoms with Gasteiger partial charge >= 0.3 is 11.8 Å². The Hall–Kier alpha value is -2.66. The molecule has 0 saturated carbocycles. The molecule has 0 aliphatic rings. The fraction of sp³-hybridized carbons (Fsp3) is 0.263. The van der Waals surface area contributed by atoms with Crippen LogP contribution in [0.3, 0.4) is 0 Å². The van der Waals surface area contributed by atoms with Crippen LogP contribution in [0, 0.1) is 6.92 Å².